The Labute approximate surface area is 87.6 Å². The fourth-order valence-corrected chi connectivity index (χ4v) is 1.40. The molecular formula is C12H23NO. The molecule has 0 saturated carbocycles. The van der Waals surface area contributed by atoms with Crippen molar-refractivity contribution < 1.29 is 4.79 Å². The Kier molecular flexibility index (Phi) is 7.17. The highest BCUT2D eigenvalue weighted by Crippen LogP contribution is 2.12. The van der Waals surface area contributed by atoms with E-state index in [1.807, 2.05) is 6.92 Å². The summed E-state index contributed by atoms with van der Waals surface area (Å²) >= 11 is 0. The van der Waals surface area contributed by atoms with Gasteiger partial charge in [-0.05, 0) is 31.6 Å². The van der Waals surface area contributed by atoms with Gasteiger partial charge in [-0.2, -0.15) is 0 Å². The molecule has 0 saturated heterocycles. The van der Waals surface area contributed by atoms with Crippen LogP contribution in [-0.2, 0) is 4.79 Å². The smallest absolute Gasteiger partial charge is 0.220 e. The standard InChI is InChI=1S/C12H23NO/c1-4-11(12(13)14)9-7-5-6-8-10(2)3/h6,8,10-11H,4-5,7,9H2,1-3H3,(H2,13,14)/b8-6+. The molecule has 0 heterocycles. The predicted molar refractivity (Wildman–Crippen MR) is 60.8 cm³/mol. The molecule has 1 amide bonds. The zero-order valence-electron chi connectivity index (χ0n) is 9.62. The van der Waals surface area contributed by atoms with Crippen LogP contribution in [0.5, 0.6) is 0 Å². The second kappa shape index (κ2) is 7.60. The number of allylic oxidation sites excluding steroid dienone is 2. The zero-order valence-corrected chi connectivity index (χ0v) is 9.62. The number of primary amides is 1. The van der Waals surface area contributed by atoms with E-state index in [1.54, 1.807) is 0 Å². The van der Waals surface area contributed by atoms with Crippen LogP contribution in [0, 0.1) is 11.8 Å². The first kappa shape index (κ1) is 13.2. The van der Waals surface area contributed by atoms with E-state index in [0.29, 0.717) is 5.92 Å². The summed E-state index contributed by atoms with van der Waals surface area (Å²) in [5.41, 5.74) is 5.25. The van der Waals surface area contributed by atoms with Gasteiger partial charge in [-0.25, -0.2) is 0 Å². The highest BCUT2D eigenvalue weighted by Gasteiger charge is 2.10. The van der Waals surface area contributed by atoms with Gasteiger partial charge in [-0.1, -0.05) is 32.9 Å². The molecule has 0 aliphatic carbocycles. The van der Waals surface area contributed by atoms with Crippen LogP contribution in [0.2, 0.25) is 0 Å². The van der Waals surface area contributed by atoms with Crippen molar-refractivity contribution in [2.24, 2.45) is 17.6 Å². The monoisotopic (exact) mass is 197 g/mol. The van der Waals surface area contributed by atoms with Crippen molar-refractivity contribution in [3.63, 3.8) is 0 Å². The van der Waals surface area contributed by atoms with E-state index >= 15 is 0 Å². The van der Waals surface area contributed by atoms with E-state index in [-0.39, 0.29) is 11.8 Å². The molecule has 0 aliphatic heterocycles. The maximum atomic E-state index is 10.9. The second-order valence-electron chi connectivity index (χ2n) is 4.11. The minimum atomic E-state index is -0.152. The van der Waals surface area contributed by atoms with Crippen molar-refractivity contribution in [2.45, 2.75) is 46.5 Å². The van der Waals surface area contributed by atoms with Crippen LogP contribution < -0.4 is 5.73 Å². The molecule has 0 spiro atoms. The molecule has 0 aromatic heterocycles. The van der Waals surface area contributed by atoms with Crippen LogP contribution in [0.25, 0.3) is 0 Å². The summed E-state index contributed by atoms with van der Waals surface area (Å²) in [5, 5.41) is 0. The number of amides is 1. The first-order valence-corrected chi connectivity index (χ1v) is 5.53. The number of nitrogens with two attached hydrogens (primary N) is 1. The number of hydrogen-bond acceptors (Lipinski definition) is 1. The van der Waals surface area contributed by atoms with E-state index in [1.165, 1.54) is 0 Å². The topological polar surface area (TPSA) is 43.1 Å². The number of carbonyl (C=O) groups excluding carboxylic acids is 1. The van der Waals surface area contributed by atoms with Crippen LogP contribution in [-0.4, -0.2) is 5.91 Å². The van der Waals surface area contributed by atoms with Crippen molar-refractivity contribution in [1.82, 2.24) is 0 Å². The van der Waals surface area contributed by atoms with Crippen LogP contribution in [0.3, 0.4) is 0 Å². The fourth-order valence-electron chi connectivity index (χ4n) is 1.40. The third-order valence-electron chi connectivity index (χ3n) is 2.34. The minimum Gasteiger partial charge on any atom is -0.369 e. The van der Waals surface area contributed by atoms with Gasteiger partial charge in [-0.3, -0.25) is 4.79 Å². The van der Waals surface area contributed by atoms with Crippen molar-refractivity contribution in [3.05, 3.63) is 12.2 Å². The number of carbonyl (C=O) groups is 1. The van der Waals surface area contributed by atoms with E-state index < -0.39 is 0 Å². The van der Waals surface area contributed by atoms with Crippen LogP contribution >= 0.6 is 0 Å². The maximum Gasteiger partial charge on any atom is 0.220 e. The molecule has 2 heteroatoms. The lowest BCUT2D eigenvalue weighted by atomic mass is 9.98. The third-order valence-corrected chi connectivity index (χ3v) is 2.34. The summed E-state index contributed by atoms with van der Waals surface area (Å²) in [7, 11) is 0. The molecule has 2 N–H and O–H groups in total. The maximum absolute atomic E-state index is 10.9. The van der Waals surface area contributed by atoms with Gasteiger partial charge in [0.1, 0.15) is 0 Å². The molecule has 2 nitrogen and oxygen atoms in total. The van der Waals surface area contributed by atoms with E-state index in [4.69, 9.17) is 5.73 Å². The Morgan fingerprint density at radius 2 is 2.07 bits per heavy atom. The van der Waals surface area contributed by atoms with Crippen molar-refractivity contribution in [3.8, 4) is 0 Å². The SMILES string of the molecule is CCC(CCC/C=C/C(C)C)C(N)=O. The van der Waals surface area contributed by atoms with E-state index in [2.05, 4.69) is 26.0 Å². The number of hydrogen-bond donors (Lipinski definition) is 1. The fraction of sp³-hybridized carbons (Fsp3) is 0.750. The van der Waals surface area contributed by atoms with Crippen molar-refractivity contribution >= 4 is 5.91 Å². The predicted octanol–water partition coefficient (Wildman–Crippen LogP) is 2.88. The van der Waals surface area contributed by atoms with Crippen LogP contribution in [0.1, 0.15) is 46.5 Å². The molecule has 0 radical (unpaired) electrons. The summed E-state index contributed by atoms with van der Waals surface area (Å²) in [4.78, 5) is 10.9. The minimum absolute atomic E-state index is 0.0717. The van der Waals surface area contributed by atoms with Gasteiger partial charge in [-0.15, -0.1) is 0 Å². The normalized spacial score (nSPS) is 13.7. The molecule has 0 rings (SSSR count). The Morgan fingerprint density at radius 3 is 2.50 bits per heavy atom. The summed E-state index contributed by atoms with van der Waals surface area (Å²) < 4.78 is 0. The molecule has 82 valence electrons. The first-order valence-electron chi connectivity index (χ1n) is 5.53. The summed E-state index contributed by atoms with van der Waals surface area (Å²) in [6.07, 6.45) is 8.30. The molecule has 0 aliphatic rings. The third kappa shape index (κ3) is 6.70. The lowest BCUT2D eigenvalue weighted by molar-refractivity contribution is -0.122. The highest BCUT2D eigenvalue weighted by molar-refractivity contribution is 5.76. The summed E-state index contributed by atoms with van der Waals surface area (Å²) in [5.74, 6) is 0.538. The van der Waals surface area contributed by atoms with Gasteiger partial charge >= 0.3 is 0 Å². The Hall–Kier alpha value is -0.790. The van der Waals surface area contributed by atoms with E-state index in [0.717, 1.165) is 25.7 Å². The number of unbranched alkanes of at least 4 members (excludes halogenated alkanes) is 1. The van der Waals surface area contributed by atoms with Gasteiger partial charge in [0.05, 0.1) is 0 Å². The van der Waals surface area contributed by atoms with E-state index in [9.17, 15) is 4.79 Å². The average Bonchev–Trinajstić information content (AvgIpc) is 2.10. The highest BCUT2D eigenvalue weighted by atomic mass is 16.1. The zero-order chi connectivity index (χ0) is 11.0. The summed E-state index contributed by atoms with van der Waals surface area (Å²) in [6, 6.07) is 0. The molecule has 1 unspecified atom stereocenters. The van der Waals surface area contributed by atoms with Gasteiger partial charge in [0.15, 0.2) is 0 Å². The first-order chi connectivity index (χ1) is 6.57. The molecular weight excluding hydrogens is 174 g/mol. The number of rotatable bonds is 7. The Bertz CT molecular complexity index is 185. The molecule has 0 aromatic rings. The van der Waals surface area contributed by atoms with Gasteiger partial charge in [0, 0.05) is 5.92 Å². The lowest BCUT2D eigenvalue weighted by Gasteiger charge is -2.08. The van der Waals surface area contributed by atoms with Crippen molar-refractivity contribution in [1.29, 1.82) is 0 Å². The molecule has 0 aromatic carbocycles. The van der Waals surface area contributed by atoms with Crippen LogP contribution in [0.4, 0.5) is 0 Å². The molecule has 1 atom stereocenters. The van der Waals surface area contributed by atoms with Crippen molar-refractivity contribution in [2.75, 3.05) is 0 Å². The van der Waals surface area contributed by atoms with Gasteiger partial charge in [0.25, 0.3) is 0 Å². The molecule has 14 heavy (non-hydrogen) atoms. The Balaban J connectivity index is 3.57. The largest absolute Gasteiger partial charge is 0.369 e. The van der Waals surface area contributed by atoms with Gasteiger partial charge in [0.2, 0.25) is 5.91 Å². The molecule has 0 fully saturated rings. The molecule has 0 bridgehead atoms. The summed E-state index contributed by atoms with van der Waals surface area (Å²) in [6.45, 7) is 6.34. The average molecular weight is 197 g/mol. The lowest BCUT2D eigenvalue weighted by Crippen LogP contribution is -2.22. The second-order valence-corrected chi connectivity index (χ2v) is 4.11. The van der Waals surface area contributed by atoms with Gasteiger partial charge < -0.3 is 5.73 Å². The Morgan fingerprint density at radius 1 is 1.43 bits per heavy atom. The quantitative estimate of drug-likeness (QED) is 0.495. The van der Waals surface area contributed by atoms with Crippen LogP contribution in [0.15, 0.2) is 12.2 Å².